The van der Waals surface area contributed by atoms with Gasteiger partial charge in [-0.2, -0.15) is 0 Å². The van der Waals surface area contributed by atoms with Crippen molar-refractivity contribution in [1.29, 1.82) is 0 Å². The molecule has 0 aliphatic rings. The fraction of sp³-hybridized carbons (Fsp3) is 0.133. The van der Waals surface area contributed by atoms with E-state index in [9.17, 15) is 9.18 Å². The molecule has 0 fully saturated rings. The van der Waals surface area contributed by atoms with E-state index in [1.165, 1.54) is 30.0 Å². The van der Waals surface area contributed by atoms with Crippen LogP contribution >= 0.6 is 39.3 Å². The number of nitrogens with zero attached hydrogens (tertiary/aromatic N) is 3. The number of thioether (sulfide) groups is 1. The van der Waals surface area contributed by atoms with E-state index in [1.54, 1.807) is 23.7 Å². The summed E-state index contributed by atoms with van der Waals surface area (Å²) in [4.78, 5) is 12.0. The molecule has 1 amide bonds. The minimum atomic E-state index is -0.537. The Balaban J connectivity index is 1.62. The first-order valence-corrected chi connectivity index (χ1v) is 9.12. The van der Waals surface area contributed by atoms with Gasteiger partial charge in [0, 0.05) is 12.7 Å². The molecule has 25 heavy (non-hydrogen) atoms. The third-order valence-electron chi connectivity index (χ3n) is 3.16. The average molecular weight is 446 g/mol. The lowest BCUT2D eigenvalue weighted by atomic mass is 10.3. The Labute approximate surface area is 159 Å². The molecule has 1 aromatic carbocycles. The van der Waals surface area contributed by atoms with E-state index in [-0.39, 0.29) is 16.7 Å². The monoisotopic (exact) mass is 444 g/mol. The lowest BCUT2D eigenvalue weighted by Gasteiger charge is -2.06. The number of nitrogens with one attached hydrogen (secondary N) is 1. The van der Waals surface area contributed by atoms with Crippen LogP contribution in [0.25, 0.3) is 11.6 Å². The number of carbonyl (C=O) groups is 1. The van der Waals surface area contributed by atoms with Crippen molar-refractivity contribution in [2.24, 2.45) is 7.05 Å². The number of furan rings is 1. The van der Waals surface area contributed by atoms with E-state index in [0.717, 1.165) is 0 Å². The SMILES string of the molecule is Cn1c(SCC(=O)Nc2ccc(F)c(Cl)c2)nnc1-c1ccc(Br)o1. The van der Waals surface area contributed by atoms with Crippen LogP contribution in [0, 0.1) is 5.82 Å². The number of halogens is 3. The summed E-state index contributed by atoms with van der Waals surface area (Å²) < 4.78 is 20.9. The van der Waals surface area contributed by atoms with E-state index in [2.05, 4.69) is 31.4 Å². The maximum Gasteiger partial charge on any atom is 0.234 e. The summed E-state index contributed by atoms with van der Waals surface area (Å²) >= 11 is 10.1. The highest BCUT2D eigenvalue weighted by Gasteiger charge is 2.15. The van der Waals surface area contributed by atoms with Crippen LogP contribution in [0.1, 0.15) is 0 Å². The summed E-state index contributed by atoms with van der Waals surface area (Å²) in [5.74, 6) is 0.435. The van der Waals surface area contributed by atoms with Crippen molar-refractivity contribution in [3.05, 3.63) is 45.8 Å². The second kappa shape index (κ2) is 7.59. The molecular weight excluding hydrogens is 435 g/mol. The summed E-state index contributed by atoms with van der Waals surface area (Å²) in [7, 11) is 1.78. The summed E-state index contributed by atoms with van der Waals surface area (Å²) in [6.45, 7) is 0. The molecule has 0 atom stereocenters. The molecule has 3 aromatic rings. The van der Waals surface area contributed by atoms with Crippen molar-refractivity contribution < 1.29 is 13.6 Å². The van der Waals surface area contributed by atoms with Gasteiger partial charge in [-0.1, -0.05) is 23.4 Å². The van der Waals surface area contributed by atoms with Crippen molar-refractivity contribution in [2.45, 2.75) is 5.16 Å². The molecule has 0 bridgehead atoms. The highest BCUT2D eigenvalue weighted by atomic mass is 79.9. The van der Waals surface area contributed by atoms with Crippen LogP contribution in [-0.4, -0.2) is 26.4 Å². The number of benzene rings is 1. The van der Waals surface area contributed by atoms with Crippen molar-refractivity contribution in [3.8, 4) is 11.6 Å². The van der Waals surface area contributed by atoms with Gasteiger partial charge in [-0.3, -0.25) is 4.79 Å². The maximum absolute atomic E-state index is 13.1. The fourth-order valence-electron chi connectivity index (χ4n) is 1.99. The van der Waals surface area contributed by atoms with Gasteiger partial charge in [0.05, 0.1) is 10.8 Å². The third kappa shape index (κ3) is 4.23. The van der Waals surface area contributed by atoms with Crippen LogP contribution < -0.4 is 5.32 Å². The Kier molecular flexibility index (Phi) is 5.45. The van der Waals surface area contributed by atoms with Gasteiger partial charge in [0.2, 0.25) is 5.91 Å². The molecule has 0 aliphatic carbocycles. The van der Waals surface area contributed by atoms with Crippen LogP contribution in [0.2, 0.25) is 5.02 Å². The van der Waals surface area contributed by atoms with E-state index < -0.39 is 5.82 Å². The number of hydrogen-bond acceptors (Lipinski definition) is 5. The van der Waals surface area contributed by atoms with E-state index in [0.29, 0.717) is 27.1 Å². The molecule has 2 heterocycles. The minimum absolute atomic E-state index is 0.0481. The summed E-state index contributed by atoms with van der Waals surface area (Å²) in [6, 6.07) is 7.53. The molecular formula is C15H11BrClFN4O2S. The molecule has 2 aromatic heterocycles. The van der Waals surface area contributed by atoms with Gasteiger partial charge >= 0.3 is 0 Å². The second-order valence-electron chi connectivity index (χ2n) is 4.93. The first-order valence-electron chi connectivity index (χ1n) is 6.97. The van der Waals surface area contributed by atoms with Gasteiger partial charge in [0.15, 0.2) is 21.4 Å². The molecule has 1 N–H and O–H groups in total. The molecule has 130 valence electrons. The third-order valence-corrected chi connectivity index (χ3v) is 4.90. The number of hydrogen-bond donors (Lipinski definition) is 1. The maximum atomic E-state index is 13.1. The van der Waals surface area contributed by atoms with Crippen molar-refractivity contribution in [3.63, 3.8) is 0 Å². The van der Waals surface area contributed by atoms with E-state index in [1.807, 2.05) is 0 Å². The van der Waals surface area contributed by atoms with Crippen LogP contribution in [0.15, 0.2) is 44.6 Å². The van der Waals surface area contributed by atoms with Gasteiger partial charge in [0.1, 0.15) is 5.82 Å². The zero-order valence-corrected chi connectivity index (χ0v) is 16.0. The zero-order valence-electron chi connectivity index (χ0n) is 12.8. The van der Waals surface area contributed by atoms with E-state index in [4.69, 9.17) is 16.0 Å². The molecule has 0 aliphatic heterocycles. The van der Waals surface area contributed by atoms with Gasteiger partial charge < -0.3 is 14.3 Å². The normalized spacial score (nSPS) is 10.9. The Bertz CT molecular complexity index is 930. The van der Waals surface area contributed by atoms with E-state index >= 15 is 0 Å². The standard InChI is InChI=1S/C15H11BrClFN4O2S/c1-22-14(11-4-5-12(16)24-11)20-21-15(22)25-7-13(23)19-8-2-3-10(18)9(17)6-8/h2-6H,7H2,1H3,(H,19,23). The van der Waals surface area contributed by atoms with Crippen LogP contribution in [-0.2, 0) is 11.8 Å². The molecule has 0 saturated carbocycles. The van der Waals surface area contributed by atoms with Crippen LogP contribution in [0.4, 0.5) is 10.1 Å². The molecule has 0 spiro atoms. The summed E-state index contributed by atoms with van der Waals surface area (Å²) in [5.41, 5.74) is 0.427. The van der Waals surface area contributed by atoms with Crippen molar-refractivity contribution in [1.82, 2.24) is 14.8 Å². The molecule has 6 nitrogen and oxygen atoms in total. The molecule has 0 unspecified atom stereocenters. The average Bonchev–Trinajstić information content (AvgIpc) is 3.15. The first kappa shape index (κ1) is 18.0. The molecule has 0 radical (unpaired) electrons. The first-order chi connectivity index (χ1) is 11.9. The Morgan fingerprint density at radius 3 is 2.88 bits per heavy atom. The summed E-state index contributed by atoms with van der Waals surface area (Å²) in [5, 5.41) is 11.3. The fourth-order valence-corrected chi connectivity index (χ4v) is 3.19. The predicted molar refractivity (Wildman–Crippen MR) is 97.2 cm³/mol. The van der Waals surface area contributed by atoms with Crippen LogP contribution in [0.3, 0.4) is 0 Å². The minimum Gasteiger partial charge on any atom is -0.446 e. The number of carbonyl (C=O) groups excluding carboxylic acids is 1. The van der Waals surface area contributed by atoms with Gasteiger partial charge in [0.25, 0.3) is 0 Å². The zero-order chi connectivity index (χ0) is 18.0. The largest absolute Gasteiger partial charge is 0.446 e. The molecule has 3 rings (SSSR count). The lowest BCUT2D eigenvalue weighted by molar-refractivity contribution is -0.113. The lowest BCUT2D eigenvalue weighted by Crippen LogP contribution is -2.14. The van der Waals surface area contributed by atoms with Crippen molar-refractivity contribution in [2.75, 3.05) is 11.1 Å². The summed E-state index contributed by atoms with van der Waals surface area (Å²) in [6.07, 6.45) is 0. The molecule has 0 saturated heterocycles. The number of amides is 1. The van der Waals surface area contributed by atoms with Gasteiger partial charge in [-0.25, -0.2) is 4.39 Å². The number of anilines is 1. The smallest absolute Gasteiger partial charge is 0.234 e. The van der Waals surface area contributed by atoms with Gasteiger partial charge in [-0.15, -0.1) is 10.2 Å². The highest BCUT2D eigenvalue weighted by molar-refractivity contribution is 9.10. The second-order valence-corrected chi connectivity index (χ2v) is 7.07. The topological polar surface area (TPSA) is 73.0 Å². The highest BCUT2D eigenvalue weighted by Crippen LogP contribution is 2.26. The van der Waals surface area contributed by atoms with Gasteiger partial charge in [-0.05, 0) is 46.3 Å². The Hall–Kier alpha value is -1.84. The number of aromatic nitrogens is 3. The number of rotatable bonds is 5. The Morgan fingerprint density at radius 2 is 2.20 bits per heavy atom. The predicted octanol–water partition coefficient (Wildman–Crippen LogP) is 4.36. The molecule has 10 heteroatoms. The quantitative estimate of drug-likeness (QED) is 0.591. The Morgan fingerprint density at radius 1 is 1.40 bits per heavy atom. The van der Waals surface area contributed by atoms with Crippen LogP contribution in [0.5, 0.6) is 0 Å². The van der Waals surface area contributed by atoms with Crippen molar-refractivity contribution >= 4 is 50.9 Å².